The van der Waals surface area contributed by atoms with Crippen LogP contribution in [0.25, 0.3) is 5.69 Å². The van der Waals surface area contributed by atoms with E-state index < -0.39 is 0 Å². The standard InChI is InChI=1S/C23H23BrClN3OS/c1-15-6-4-5-7-21(15)28-16(2)20(23(24)17(28)3)14-26-27-22(29)12-13-30-19-10-8-18(25)9-11-19/h4-11,14H,12-13H2,1-3H3,(H,27,29)/b26-14-. The summed E-state index contributed by atoms with van der Waals surface area (Å²) in [4.78, 5) is 13.2. The molecule has 1 heterocycles. The first kappa shape index (κ1) is 22.7. The number of benzene rings is 2. The molecule has 1 aromatic heterocycles. The molecule has 0 spiro atoms. The molecular weight excluding hydrogens is 482 g/mol. The Morgan fingerprint density at radius 3 is 2.53 bits per heavy atom. The first-order valence-corrected chi connectivity index (χ1v) is 11.7. The van der Waals surface area contributed by atoms with Crippen molar-refractivity contribution in [2.24, 2.45) is 5.10 Å². The van der Waals surface area contributed by atoms with Crippen LogP contribution in [-0.2, 0) is 4.79 Å². The number of halogens is 2. The third-order valence-corrected chi connectivity index (χ3v) is 7.03. The van der Waals surface area contributed by atoms with E-state index in [4.69, 9.17) is 11.6 Å². The molecule has 0 saturated heterocycles. The summed E-state index contributed by atoms with van der Waals surface area (Å²) >= 11 is 11.2. The summed E-state index contributed by atoms with van der Waals surface area (Å²) in [5.74, 6) is 0.561. The van der Waals surface area contributed by atoms with Gasteiger partial charge in [0.1, 0.15) is 0 Å². The molecule has 7 heteroatoms. The lowest BCUT2D eigenvalue weighted by atomic mass is 10.2. The van der Waals surface area contributed by atoms with Crippen molar-refractivity contribution in [2.45, 2.75) is 32.1 Å². The van der Waals surface area contributed by atoms with Crippen LogP contribution in [0.5, 0.6) is 0 Å². The molecule has 0 bridgehead atoms. The predicted molar refractivity (Wildman–Crippen MR) is 130 cm³/mol. The van der Waals surface area contributed by atoms with Crippen LogP contribution < -0.4 is 5.43 Å². The number of hydrazone groups is 1. The van der Waals surface area contributed by atoms with E-state index in [0.29, 0.717) is 17.2 Å². The molecule has 0 atom stereocenters. The number of para-hydroxylation sites is 1. The molecule has 1 N–H and O–H groups in total. The van der Waals surface area contributed by atoms with Gasteiger partial charge in [0, 0.05) is 49.2 Å². The van der Waals surface area contributed by atoms with E-state index in [1.807, 2.05) is 36.4 Å². The predicted octanol–water partition coefficient (Wildman–Crippen LogP) is 6.45. The quantitative estimate of drug-likeness (QED) is 0.228. The molecule has 3 aromatic rings. The largest absolute Gasteiger partial charge is 0.316 e. The number of hydrogen-bond acceptors (Lipinski definition) is 3. The highest BCUT2D eigenvalue weighted by Gasteiger charge is 2.16. The van der Waals surface area contributed by atoms with Crippen molar-refractivity contribution in [3.8, 4) is 5.69 Å². The molecule has 0 unspecified atom stereocenters. The van der Waals surface area contributed by atoms with Gasteiger partial charge in [-0.2, -0.15) is 5.10 Å². The maximum absolute atomic E-state index is 12.1. The smallest absolute Gasteiger partial charge is 0.240 e. The molecule has 0 aliphatic rings. The zero-order valence-electron chi connectivity index (χ0n) is 17.1. The van der Waals surface area contributed by atoms with Crippen LogP contribution in [0.1, 0.15) is 28.9 Å². The van der Waals surface area contributed by atoms with Crippen molar-refractivity contribution < 1.29 is 4.79 Å². The zero-order chi connectivity index (χ0) is 21.7. The van der Waals surface area contributed by atoms with E-state index in [1.165, 1.54) is 5.56 Å². The van der Waals surface area contributed by atoms with E-state index in [1.54, 1.807) is 18.0 Å². The molecule has 4 nitrogen and oxygen atoms in total. The number of hydrogen-bond donors (Lipinski definition) is 1. The monoisotopic (exact) mass is 503 g/mol. The number of amides is 1. The topological polar surface area (TPSA) is 46.4 Å². The Labute approximate surface area is 194 Å². The molecule has 0 saturated carbocycles. The van der Waals surface area contributed by atoms with Gasteiger partial charge >= 0.3 is 0 Å². The van der Waals surface area contributed by atoms with E-state index >= 15 is 0 Å². The van der Waals surface area contributed by atoms with Gasteiger partial charge in [0.25, 0.3) is 0 Å². The molecule has 30 heavy (non-hydrogen) atoms. The van der Waals surface area contributed by atoms with Crippen molar-refractivity contribution in [3.63, 3.8) is 0 Å². The summed E-state index contributed by atoms with van der Waals surface area (Å²) in [6.45, 7) is 6.21. The molecular formula is C23H23BrClN3OS. The lowest BCUT2D eigenvalue weighted by Gasteiger charge is -2.12. The molecule has 0 fully saturated rings. The number of nitrogens with one attached hydrogen (secondary N) is 1. The first-order valence-electron chi connectivity index (χ1n) is 9.52. The van der Waals surface area contributed by atoms with Gasteiger partial charge in [-0.25, -0.2) is 5.43 Å². The lowest BCUT2D eigenvalue weighted by molar-refractivity contribution is -0.120. The first-order chi connectivity index (χ1) is 14.4. The number of carbonyl (C=O) groups is 1. The van der Waals surface area contributed by atoms with Crippen LogP contribution in [0, 0.1) is 20.8 Å². The summed E-state index contributed by atoms with van der Waals surface area (Å²) in [6.07, 6.45) is 2.08. The van der Waals surface area contributed by atoms with Gasteiger partial charge in [-0.05, 0) is 72.6 Å². The summed E-state index contributed by atoms with van der Waals surface area (Å²) in [5, 5.41) is 4.88. The highest BCUT2D eigenvalue weighted by molar-refractivity contribution is 9.10. The highest BCUT2D eigenvalue weighted by Crippen LogP contribution is 2.30. The number of carbonyl (C=O) groups excluding carboxylic acids is 1. The van der Waals surface area contributed by atoms with E-state index in [-0.39, 0.29) is 5.91 Å². The minimum atomic E-state index is -0.114. The van der Waals surface area contributed by atoms with Crippen LogP contribution in [0.15, 0.2) is 63.0 Å². The fourth-order valence-electron chi connectivity index (χ4n) is 3.17. The molecule has 0 radical (unpaired) electrons. The van der Waals surface area contributed by atoms with E-state index in [0.717, 1.165) is 32.0 Å². The average molecular weight is 505 g/mol. The van der Waals surface area contributed by atoms with Crippen molar-refractivity contribution in [1.82, 2.24) is 9.99 Å². The van der Waals surface area contributed by atoms with Gasteiger partial charge in [0.05, 0.1) is 6.21 Å². The fraction of sp³-hybridized carbons (Fsp3) is 0.217. The van der Waals surface area contributed by atoms with Gasteiger partial charge in [0.15, 0.2) is 0 Å². The number of aromatic nitrogens is 1. The highest BCUT2D eigenvalue weighted by atomic mass is 79.9. The zero-order valence-corrected chi connectivity index (χ0v) is 20.2. The van der Waals surface area contributed by atoms with Crippen molar-refractivity contribution in [1.29, 1.82) is 0 Å². The Morgan fingerprint density at radius 2 is 1.83 bits per heavy atom. The van der Waals surface area contributed by atoms with Crippen LogP contribution in [0.3, 0.4) is 0 Å². The van der Waals surface area contributed by atoms with Crippen LogP contribution >= 0.6 is 39.3 Å². The number of aryl methyl sites for hydroxylation is 1. The number of thioether (sulfide) groups is 1. The van der Waals surface area contributed by atoms with Crippen LogP contribution in [0.4, 0.5) is 0 Å². The van der Waals surface area contributed by atoms with Crippen molar-refractivity contribution in [2.75, 3.05) is 5.75 Å². The lowest BCUT2D eigenvalue weighted by Crippen LogP contribution is -2.17. The van der Waals surface area contributed by atoms with E-state index in [9.17, 15) is 4.79 Å². The Hall–Kier alpha value is -2.02. The Kier molecular flexibility index (Phi) is 7.81. The Morgan fingerprint density at radius 1 is 1.13 bits per heavy atom. The Bertz CT molecular complexity index is 1080. The second kappa shape index (κ2) is 10.3. The summed E-state index contributed by atoms with van der Waals surface area (Å²) in [6, 6.07) is 15.9. The van der Waals surface area contributed by atoms with Crippen molar-refractivity contribution in [3.05, 3.63) is 80.5 Å². The molecule has 2 aromatic carbocycles. The van der Waals surface area contributed by atoms with E-state index in [2.05, 4.69) is 63.9 Å². The second-order valence-corrected chi connectivity index (χ2v) is 9.26. The van der Waals surface area contributed by atoms with Gasteiger partial charge in [-0.15, -0.1) is 11.8 Å². The van der Waals surface area contributed by atoms with Crippen LogP contribution in [0.2, 0.25) is 5.02 Å². The molecule has 3 rings (SSSR count). The van der Waals surface area contributed by atoms with Gasteiger partial charge in [0.2, 0.25) is 5.91 Å². The van der Waals surface area contributed by atoms with Gasteiger partial charge in [-0.3, -0.25) is 4.79 Å². The maximum atomic E-state index is 12.1. The maximum Gasteiger partial charge on any atom is 0.240 e. The molecule has 0 aliphatic heterocycles. The number of rotatable bonds is 7. The molecule has 1 amide bonds. The average Bonchev–Trinajstić information content (AvgIpc) is 2.93. The van der Waals surface area contributed by atoms with Crippen LogP contribution in [-0.4, -0.2) is 22.4 Å². The summed E-state index contributed by atoms with van der Waals surface area (Å²) in [5.41, 5.74) is 8.06. The minimum Gasteiger partial charge on any atom is -0.316 e. The summed E-state index contributed by atoms with van der Waals surface area (Å²) < 4.78 is 3.17. The summed E-state index contributed by atoms with van der Waals surface area (Å²) in [7, 11) is 0. The third kappa shape index (κ3) is 5.36. The SMILES string of the molecule is Cc1ccccc1-n1c(C)c(Br)c(/C=N\NC(=O)CCSc2ccc(Cl)cc2)c1C. The fourth-order valence-corrected chi connectivity index (χ4v) is 4.71. The van der Waals surface area contributed by atoms with Crippen molar-refractivity contribution >= 4 is 51.4 Å². The van der Waals surface area contributed by atoms with Gasteiger partial charge in [-0.1, -0.05) is 29.8 Å². The molecule has 156 valence electrons. The second-order valence-electron chi connectivity index (χ2n) is 6.87. The normalized spacial score (nSPS) is 11.2. The van der Waals surface area contributed by atoms with Gasteiger partial charge < -0.3 is 4.57 Å². The Balaban J connectivity index is 1.62. The third-order valence-electron chi connectivity index (χ3n) is 4.77. The molecule has 0 aliphatic carbocycles. The minimum absolute atomic E-state index is 0.114. The number of nitrogens with zero attached hydrogens (tertiary/aromatic N) is 2.